The lowest BCUT2D eigenvalue weighted by atomic mass is 10.4. The quantitative estimate of drug-likeness (QED) is 0.841. The molecular formula is C10H9N3O4S2. The van der Waals surface area contributed by atoms with Crippen molar-refractivity contribution in [3.63, 3.8) is 0 Å². The van der Waals surface area contributed by atoms with Gasteiger partial charge in [-0.15, -0.1) is 11.3 Å². The second-order valence-corrected chi connectivity index (χ2v) is 6.40. The van der Waals surface area contributed by atoms with Crippen molar-refractivity contribution in [3.8, 4) is 0 Å². The maximum atomic E-state index is 11.9. The Morgan fingerprint density at radius 3 is 2.84 bits per heavy atom. The highest BCUT2D eigenvalue weighted by Crippen LogP contribution is 2.20. The van der Waals surface area contributed by atoms with Crippen LogP contribution in [0.5, 0.6) is 0 Å². The first kappa shape index (κ1) is 13.6. The normalized spacial score (nSPS) is 11.4. The number of hydrogen-bond donors (Lipinski definition) is 2. The Balaban J connectivity index is 2.12. The van der Waals surface area contributed by atoms with Crippen LogP contribution in [0.3, 0.4) is 0 Å². The van der Waals surface area contributed by atoms with Gasteiger partial charge in [-0.05, 0) is 18.2 Å². The van der Waals surface area contributed by atoms with E-state index in [1.807, 2.05) is 0 Å². The van der Waals surface area contributed by atoms with E-state index in [0.29, 0.717) is 5.69 Å². The van der Waals surface area contributed by atoms with E-state index in [1.165, 1.54) is 11.6 Å². The molecule has 0 spiro atoms. The summed E-state index contributed by atoms with van der Waals surface area (Å²) in [7, 11) is -3.73. The number of aromatic carboxylic acids is 1. The number of carbonyl (C=O) groups is 1. The molecule has 2 rings (SSSR count). The Morgan fingerprint density at radius 1 is 1.47 bits per heavy atom. The fourth-order valence-corrected chi connectivity index (χ4v) is 3.43. The van der Waals surface area contributed by atoms with E-state index in [1.54, 1.807) is 12.1 Å². The SMILES string of the molecule is O=C(O)c1csc(S(=O)(=O)NCc2cccnn2)c1. The number of sulfonamides is 1. The summed E-state index contributed by atoms with van der Waals surface area (Å²) in [4.78, 5) is 10.7. The molecule has 100 valence electrons. The van der Waals surface area contributed by atoms with Gasteiger partial charge < -0.3 is 5.11 Å². The van der Waals surface area contributed by atoms with Crippen molar-refractivity contribution in [2.75, 3.05) is 0 Å². The predicted octanol–water partition coefficient (Wildman–Crippen LogP) is 0.715. The number of carboxylic acid groups (broad SMARTS) is 1. The highest BCUT2D eigenvalue weighted by molar-refractivity contribution is 7.91. The summed E-state index contributed by atoms with van der Waals surface area (Å²) in [5, 5.41) is 17.4. The molecule has 2 N–H and O–H groups in total. The van der Waals surface area contributed by atoms with Crippen LogP contribution in [0, 0.1) is 0 Å². The van der Waals surface area contributed by atoms with Crippen LogP contribution in [0.2, 0.25) is 0 Å². The first-order chi connectivity index (χ1) is 8.99. The van der Waals surface area contributed by atoms with Crippen LogP contribution in [0.4, 0.5) is 0 Å². The Kier molecular flexibility index (Phi) is 3.88. The molecule has 2 heterocycles. The van der Waals surface area contributed by atoms with Crippen LogP contribution in [-0.2, 0) is 16.6 Å². The molecule has 7 nitrogen and oxygen atoms in total. The van der Waals surface area contributed by atoms with Gasteiger partial charge >= 0.3 is 5.97 Å². The first-order valence-corrected chi connectivity index (χ1v) is 7.43. The minimum absolute atomic E-state index is 0.00349. The molecule has 2 aromatic rings. The van der Waals surface area contributed by atoms with Crippen molar-refractivity contribution < 1.29 is 18.3 Å². The summed E-state index contributed by atoms with van der Waals surface area (Å²) >= 11 is 0.853. The van der Waals surface area contributed by atoms with Crippen LogP contribution in [0.1, 0.15) is 16.1 Å². The minimum atomic E-state index is -3.73. The van der Waals surface area contributed by atoms with Gasteiger partial charge in [-0.1, -0.05) is 0 Å². The van der Waals surface area contributed by atoms with Gasteiger partial charge in [-0.3, -0.25) is 0 Å². The van der Waals surface area contributed by atoms with Gasteiger partial charge in [0.25, 0.3) is 0 Å². The molecule has 0 saturated heterocycles. The van der Waals surface area contributed by atoms with E-state index in [-0.39, 0.29) is 16.3 Å². The molecule has 0 aliphatic rings. The Labute approximate surface area is 113 Å². The summed E-state index contributed by atoms with van der Waals surface area (Å²) < 4.78 is 26.1. The molecule has 0 aliphatic carbocycles. The molecule has 0 fully saturated rings. The summed E-state index contributed by atoms with van der Waals surface area (Å²) in [5.74, 6) is -1.16. The Bertz CT molecular complexity index is 682. The van der Waals surface area contributed by atoms with Gasteiger partial charge in [-0.25, -0.2) is 17.9 Å². The van der Waals surface area contributed by atoms with Gasteiger partial charge in [0.2, 0.25) is 10.0 Å². The number of rotatable bonds is 5. The second kappa shape index (κ2) is 5.43. The molecule has 0 atom stereocenters. The van der Waals surface area contributed by atoms with E-state index in [9.17, 15) is 13.2 Å². The smallest absolute Gasteiger partial charge is 0.336 e. The van der Waals surface area contributed by atoms with Gasteiger partial charge in [0, 0.05) is 11.6 Å². The average Bonchev–Trinajstić information content (AvgIpc) is 2.88. The first-order valence-electron chi connectivity index (χ1n) is 5.07. The lowest BCUT2D eigenvalue weighted by Gasteiger charge is -2.03. The lowest BCUT2D eigenvalue weighted by molar-refractivity contribution is 0.0697. The lowest BCUT2D eigenvalue weighted by Crippen LogP contribution is -2.23. The van der Waals surface area contributed by atoms with Crippen LogP contribution < -0.4 is 4.72 Å². The Hall–Kier alpha value is -1.84. The van der Waals surface area contributed by atoms with Crippen molar-refractivity contribution >= 4 is 27.3 Å². The van der Waals surface area contributed by atoms with E-state index < -0.39 is 16.0 Å². The largest absolute Gasteiger partial charge is 0.478 e. The van der Waals surface area contributed by atoms with Crippen LogP contribution in [0.25, 0.3) is 0 Å². The number of nitrogens with one attached hydrogen (secondary N) is 1. The number of hydrogen-bond acceptors (Lipinski definition) is 6. The summed E-state index contributed by atoms with van der Waals surface area (Å²) in [6.07, 6.45) is 1.48. The Morgan fingerprint density at radius 2 is 2.26 bits per heavy atom. The zero-order valence-corrected chi connectivity index (χ0v) is 11.1. The fourth-order valence-electron chi connectivity index (χ4n) is 1.24. The van der Waals surface area contributed by atoms with Gasteiger partial charge in [-0.2, -0.15) is 10.2 Å². The minimum Gasteiger partial charge on any atom is -0.478 e. The molecule has 0 bridgehead atoms. The van der Waals surface area contributed by atoms with Gasteiger partial charge in [0.05, 0.1) is 17.8 Å². The van der Waals surface area contributed by atoms with E-state index in [0.717, 1.165) is 17.4 Å². The van der Waals surface area contributed by atoms with E-state index >= 15 is 0 Å². The number of aromatic nitrogens is 2. The van der Waals surface area contributed by atoms with Gasteiger partial charge in [0.1, 0.15) is 4.21 Å². The van der Waals surface area contributed by atoms with Crippen LogP contribution >= 0.6 is 11.3 Å². The standard InChI is InChI=1S/C10H9N3O4S2/c14-10(15)7-4-9(18-6-7)19(16,17)12-5-8-2-1-3-11-13-8/h1-4,6,12H,5H2,(H,14,15). The van der Waals surface area contributed by atoms with Crippen molar-refractivity contribution in [2.24, 2.45) is 0 Å². The van der Waals surface area contributed by atoms with Crippen molar-refractivity contribution in [2.45, 2.75) is 10.8 Å². The maximum absolute atomic E-state index is 11.9. The number of thiophene rings is 1. The molecule has 19 heavy (non-hydrogen) atoms. The third-order valence-electron chi connectivity index (χ3n) is 2.16. The highest BCUT2D eigenvalue weighted by atomic mass is 32.2. The molecule has 0 saturated carbocycles. The molecule has 0 radical (unpaired) electrons. The number of nitrogens with zero attached hydrogens (tertiary/aromatic N) is 2. The highest BCUT2D eigenvalue weighted by Gasteiger charge is 2.18. The summed E-state index contributed by atoms with van der Waals surface area (Å²) in [6.45, 7) is -0.00349. The molecule has 0 aromatic carbocycles. The molecule has 9 heteroatoms. The van der Waals surface area contributed by atoms with Crippen molar-refractivity contribution in [1.29, 1.82) is 0 Å². The van der Waals surface area contributed by atoms with Crippen molar-refractivity contribution in [3.05, 3.63) is 41.0 Å². The third-order valence-corrected chi connectivity index (χ3v) is 5.00. The molecule has 0 aliphatic heterocycles. The summed E-state index contributed by atoms with van der Waals surface area (Å²) in [6, 6.07) is 4.39. The van der Waals surface area contributed by atoms with Crippen LogP contribution in [0.15, 0.2) is 34.0 Å². The molecular weight excluding hydrogens is 290 g/mol. The van der Waals surface area contributed by atoms with Crippen LogP contribution in [-0.4, -0.2) is 29.7 Å². The monoisotopic (exact) mass is 299 g/mol. The molecule has 0 unspecified atom stereocenters. The second-order valence-electron chi connectivity index (χ2n) is 3.50. The topological polar surface area (TPSA) is 109 Å². The van der Waals surface area contributed by atoms with Gasteiger partial charge in [0.15, 0.2) is 0 Å². The maximum Gasteiger partial charge on any atom is 0.336 e. The van der Waals surface area contributed by atoms with E-state index in [4.69, 9.17) is 5.11 Å². The zero-order chi connectivity index (χ0) is 13.9. The van der Waals surface area contributed by atoms with Crippen molar-refractivity contribution in [1.82, 2.24) is 14.9 Å². The van der Waals surface area contributed by atoms with E-state index in [2.05, 4.69) is 14.9 Å². The average molecular weight is 299 g/mol. The molecule has 0 amide bonds. The zero-order valence-electron chi connectivity index (χ0n) is 9.48. The number of carboxylic acids is 1. The molecule has 2 aromatic heterocycles. The predicted molar refractivity (Wildman–Crippen MR) is 67.3 cm³/mol. The summed E-state index contributed by atoms with van der Waals surface area (Å²) in [5.41, 5.74) is 0.422. The fraction of sp³-hybridized carbons (Fsp3) is 0.100. The third kappa shape index (κ3) is 3.34.